The maximum Gasteiger partial charge on any atom is 0.136 e. The van der Waals surface area contributed by atoms with Crippen LogP contribution in [-0.2, 0) is 13.0 Å². The van der Waals surface area contributed by atoms with E-state index in [0.29, 0.717) is 6.54 Å². The van der Waals surface area contributed by atoms with Gasteiger partial charge in [-0.05, 0) is 23.4 Å². The van der Waals surface area contributed by atoms with Crippen molar-refractivity contribution >= 4 is 21.4 Å². The van der Waals surface area contributed by atoms with Crippen LogP contribution in [0.4, 0.5) is 0 Å². The molecule has 3 heteroatoms. The summed E-state index contributed by atoms with van der Waals surface area (Å²) in [6, 6.07) is 6.22. The Morgan fingerprint density at radius 3 is 2.81 bits per heavy atom. The highest BCUT2D eigenvalue weighted by Crippen LogP contribution is 2.37. The second-order valence-corrected chi connectivity index (χ2v) is 4.90. The predicted molar refractivity (Wildman–Crippen MR) is 70.3 cm³/mol. The van der Waals surface area contributed by atoms with Gasteiger partial charge in [0.25, 0.3) is 0 Å². The van der Waals surface area contributed by atoms with Gasteiger partial charge in [0.15, 0.2) is 0 Å². The molecule has 2 nitrogen and oxygen atoms in total. The van der Waals surface area contributed by atoms with Crippen molar-refractivity contribution < 1.29 is 4.74 Å². The Morgan fingerprint density at radius 2 is 2.19 bits per heavy atom. The van der Waals surface area contributed by atoms with Gasteiger partial charge in [-0.3, -0.25) is 0 Å². The van der Waals surface area contributed by atoms with Crippen LogP contribution >= 0.6 is 11.3 Å². The Kier molecular flexibility index (Phi) is 3.46. The fraction of sp³-hybridized carbons (Fsp3) is 0.385. The fourth-order valence-corrected chi connectivity index (χ4v) is 3.26. The van der Waals surface area contributed by atoms with Gasteiger partial charge in [-0.1, -0.05) is 25.5 Å². The maximum absolute atomic E-state index is 5.81. The molecule has 2 aromatic rings. The lowest BCUT2D eigenvalue weighted by molar-refractivity contribution is 0.420. The van der Waals surface area contributed by atoms with Crippen LogP contribution in [0.5, 0.6) is 5.75 Å². The molecular formula is C13H17NOS. The van der Waals surface area contributed by atoms with Crippen LogP contribution in [0.25, 0.3) is 10.1 Å². The van der Waals surface area contributed by atoms with E-state index in [4.69, 9.17) is 10.5 Å². The lowest BCUT2D eigenvalue weighted by atomic mass is 10.1. The summed E-state index contributed by atoms with van der Waals surface area (Å²) in [5.74, 6) is 0.958. The second kappa shape index (κ2) is 4.85. The molecule has 16 heavy (non-hydrogen) atoms. The minimum absolute atomic E-state index is 0.623. The van der Waals surface area contributed by atoms with Crippen molar-refractivity contribution in [2.24, 2.45) is 5.73 Å². The zero-order valence-corrected chi connectivity index (χ0v) is 10.6. The molecule has 0 aliphatic heterocycles. The SMILES string of the molecule is CCCc1c(CN)sc2c(OC)cccc12. The number of thiophene rings is 1. The third kappa shape index (κ3) is 1.81. The fourth-order valence-electron chi connectivity index (χ4n) is 2.04. The molecule has 1 heterocycles. The molecule has 1 aromatic heterocycles. The van der Waals surface area contributed by atoms with Crippen LogP contribution in [0.15, 0.2) is 18.2 Å². The van der Waals surface area contributed by atoms with Crippen LogP contribution in [0.2, 0.25) is 0 Å². The normalized spacial score (nSPS) is 10.9. The number of hydrogen-bond acceptors (Lipinski definition) is 3. The number of benzene rings is 1. The molecule has 0 aliphatic rings. The Morgan fingerprint density at radius 1 is 1.38 bits per heavy atom. The topological polar surface area (TPSA) is 35.2 Å². The number of ether oxygens (including phenoxy) is 1. The highest BCUT2D eigenvalue weighted by Gasteiger charge is 2.12. The van der Waals surface area contributed by atoms with E-state index in [1.54, 1.807) is 18.4 Å². The van der Waals surface area contributed by atoms with Gasteiger partial charge in [-0.2, -0.15) is 0 Å². The van der Waals surface area contributed by atoms with E-state index < -0.39 is 0 Å². The molecule has 0 radical (unpaired) electrons. The number of aryl methyl sites for hydroxylation is 1. The van der Waals surface area contributed by atoms with Gasteiger partial charge >= 0.3 is 0 Å². The predicted octanol–water partition coefficient (Wildman–Crippen LogP) is 3.32. The molecule has 86 valence electrons. The van der Waals surface area contributed by atoms with Crippen LogP contribution in [0, 0.1) is 0 Å². The molecule has 0 unspecified atom stereocenters. The first-order chi connectivity index (χ1) is 7.81. The molecular weight excluding hydrogens is 218 g/mol. The van der Waals surface area contributed by atoms with Gasteiger partial charge < -0.3 is 10.5 Å². The lowest BCUT2D eigenvalue weighted by Gasteiger charge is -2.02. The highest BCUT2D eigenvalue weighted by molar-refractivity contribution is 7.19. The van der Waals surface area contributed by atoms with Crippen LogP contribution in [-0.4, -0.2) is 7.11 Å². The zero-order valence-electron chi connectivity index (χ0n) is 9.75. The van der Waals surface area contributed by atoms with Gasteiger partial charge in [0.1, 0.15) is 5.75 Å². The van der Waals surface area contributed by atoms with E-state index in [-0.39, 0.29) is 0 Å². The second-order valence-electron chi connectivity index (χ2n) is 3.79. The average molecular weight is 235 g/mol. The monoisotopic (exact) mass is 235 g/mol. The smallest absolute Gasteiger partial charge is 0.136 e. The van der Waals surface area contributed by atoms with Crippen LogP contribution in [0.1, 0.15) is 23.8 Å². The molecule has 2 N–H and O–H groups in total. The summed E-state index contributed by atoms with van der Waals surface area (Å²) >= 11 is 1.77. The van der Waals surface area contributed by atoms with E-state index in [9.17, 15) is 0 Å². The zero-order chi connectivity index (χ0) is 11.5. The summed E-state index contributed by atoms with van der Waals surface area (Å²) < 4.78 is 6.62. The number of methoxy groups -OCH3 is 1. The third-order valence-corrected chi connectivity index (χ3v) is 4.06. The number of rotatable bonds is 4. The first-order valence-corrected chi connectivity index (χ1v) is 6.40. The van der Waals surface area contributed by atoms with E-state index in [1.165, 1.54) is 20.5 Å². The summed E-state index contributed by atoms with van der Waals surface area (Å²) in [7, 11) is 1.72. The molecule has 0 bridgehead atoms. The Hall–Kier alpha value is -1.06. The molecule has 0 aliphatic carbocycles. The molecule has 2 rings (SSSR count). The first-order valence-electron chi connectivity index (χ1n) is 5.59. The summed E-state index contributed by atoms with van der Waals surface area (Å²) in [5.41, 5.74) is 7.21. The van der Waals surface area contributed by atoms with E-state index >= 15 is 0 Å². The summed E-state index contributed by atoms with van der Waals surface area (Å²) in [4.78, 5) is 1.29. The van der Waals surface area contributed by atoms with Crippen molar-refractivity contribution in [2.45, 2.75) is 26.3 Å². The van der Waals surface area contributed by atoms with Gasteiger partial charge in [-0.15, -0.1) is 11.3 Å². The summed E-state index contributed by atoms with van der Waals surface area (Å²) in [5, 5.41) is 1.31. The van der Waals surface area contributed by atoms with Crippen molar-refractivity contribution in [3.05, 3.63) is 28.6 Å². The highest BCUT2D eigenvalue weighted by atomic mass is 32.1. The van der Waals surface area contributed by atoms with E-state index in [1.807, 2.05) is 12.1 Å². The van der Waals surface area contributed by atoms with Crippen molar-refractivity contribution in [1.29, 1.82) is 0 Å². The molecule has 0 atom stereocenters. The molecule has 0 amide bonds. The molecule has 1 aromatic carbocycles. The van der Waals surface area contributed by atoms with Crippen molar-refractivity contribution in [1.82, 2.24) is 0 Å². The number of fused-ring (bicyclic) bond motifs is 1. The van der Waals surface area contributed by atoms with Crippen molar-refractivity contribution in [3.63, 3.8) is 0 Å². The minimum Gasteiger partial charge on any atom is -0.495 e. The van der Waals surface area contributed by atoms with Gasteiger partial charge in [0, 0.05) is 11.4 Å². The van der Waals surface area contributed by atoms with Gasteiger partial charge in [0.2, 0.25) is 0 Å². The molecule has 0 saturated carbocycles. The quantitative estimate of drug-likeness (QED) is 0.882. The first kappa shape index (κ1) is 11.4. The maximum atomic E-state index is 5.81. The Bertz CT molecular complexity index is 490. The third-order valence-electron chi connectivity index (χ3n) is 2.77. The standard InChI is InChI=1S/C13H17NOS/c1-3-5-9-10-6-4-7-11(15-2)13(10)16-12(9)8-14/h4,6-7H,3,5,8,14H2,1-2H3. The molecule has 0 saturated heterocycles. The Labute approximate surface area is 100 Å². The Balaban J connectivity index is 2.66. The van der Waals surface area contributed by atoms with Crippen molar-refractivity contribution in [3.8, 4) is 5.75 Å². The molecule has 0 spiro atoms. The van der Waals surface area contributed by atoms with Crippen molar-refractivity contribution in [2.75, 3.05) is 7.11 Å². The lowest BCUT2D eigenvalue weighted by Crippen LogP contribution is -1.97. The summed E-state index contributed by atoms with van der Waals surface area (Å²) in [6.45, 7) is 2.82. The van der Waals surface area contributed by atoms with E-state index in [2.05, 4.69) is 13.0 Å². The average Bonchev–Trinajstić information content (AvgIpc) is 2.68. The minimum atomic E-state index is 0.623. The van der Waals surface area contributed by atoms with Crippen LogP contribution in [0.3, 0.4) is 0 Å². The van der Waals surface area contributed by atoms with Gasteiger partial charge in [-0.25, -0.2) is 0 Å². The van der Waals surface area contributed by atoms with Gasteiger partial charge in [0.05, 0.1) is 11.8 Å². The largest absolute Gasteiger partial charge is 0.495 e. The number of hydrogen-bond donors (Lipinski definition) is 1. The summed E-state index contributed by atoms with van der Waals surface area (Å²) in [6.07, 6.45) is 2.25. The van der Waals surface area contributed by atoms with Crippen LogP contribution < -0.4 is 10.5 Å². The molecule has 0 fully saturated rings. The van der Waals surface area contributed by atoms with E-state index in [0.717, 1.165) is 18.6 Å². The number of nitrogens with two attached hydrogens (primary N) is 1.